The van der Waals surface area contributed by atoms with E-state index < -0.39 is 0 Å². The number of allylic oxidation sites excluding steroid dienone is 2. The van der Waals surface area contributed by atoms with E-state index in [4.69, 9.17) is 9.47 Å². The second-order valence-corrected chi connectivity index (χ2v) is 12.6. The van der Waals surface area contributed by atoms with Crippen molar-refractivity contribution in [1.82, 2.24) is 0 Å². The van der Waals surface area contributed by atoms with Crippen molar-refractivity contribution in [3.8, 4) is 0 Å². The third kappa shape index (κ3) is 5.46. The summed E-state index contributed by atoms with van der Waals surface area (Å²) in [5.41, 5.74) is 0.914. The molecule has 0 aromatic heterocycles. The number of hydrogen-bond donors (Lipinski definition) is 0. The Morgan fingerprint density at radius 2 is 1.38 bits per heavy atom. The Labute approximate surface area is 206 Å². The number of ether oxygens (including phenoxy) is 2. The standard InChI is InChI=1S/C30H46O4/c1-17(2)23-11-7-19(5)13-26(23)33-28(31)16-25-21-9-10-22(15-21)29(25)30(32)34-27-14-20(6)8-12-24(27)18(3)4/h9-10,16-24,26-27,29H,7-8,11-15H2,1-6H3/b25-16-/t19-,20-,21-,22+,23+,24+,26-,27-,29+/m1/s1. The van der Waals surface area contributed by atoms with Crippen LogP contribution in [0, 0.1) is 53.3 Å². The summed E-state index contributed by atoms with van der Waals surface area (Å²) < 4.78 is 12.3. The third-order valence-corrected chi connectivity index (χ3v) is 9.33. The zero-order chi connectivity index (χ0) is 24.6. The molecular weight excluding hydrogens is 424 g/mol. The Bertz CT molecular complexity index is 809. The van der Waals surface area contributed by atoms with Crippen molar-refractivity contribution in [1.29, 1.82) is 0 Å². The van der Waals surface area contributed by atoms with E-state index >= 15 is 0 Å². The predicted molar refractivity (Wildman–Crippen MR) is 135 cm³/mol. The van der Waals surface area contributed by atoms with Crippen molar-refractivity contribution in [3.63, 3.8) is 0 Å². The van der Waals surface area contributed by atoms with E-state index in [1.807, 2.05) is 0 Å². The van der Waals surface area contributed by atoms with E-state index in [9.17, 15) is 9.59 Å². The lowest BCUT2D eigenvalue weighted by Gasteiger charge is -2.37. The molecule has 0 spiro atoms. The Kier molecular flexibility index (Phi) is 7.94. The smallest absolute Gasteiger partial charge is 0.331 e. The SMILES string of the molecule is CC(C)[C@@H]1CC[C@@H](C)C[C@H]1OC(=O)/C=C1/[C@@H]2C=C[C@@H](C2)[C@@H]1C(=O)O[C@@H]1C[C@H](C)CC[C@H]1C(C)C. The molecule has 4 aliphatic carbocycles. The zero-order valence-corrected chi connectivity index (χ0v) is 22.2. The summed E-state index contributed by atoms with van der Waals surface area (Å²) in [6, 6.07) is 0. The average molecular weight is 471 g/mol. The van der Waals surface area contributed by atoms with Crippen molar-refractivity contribution in [2.45, 2.75) is 98.7 Å². The summed E-state index contributed by atoms with van der Waals surface area (Å²) in [6.07, 6.45) is 13.4. The molecule has 0 aromatic rings. The van der Waals surface area contributed by atoms with Crippen LogP contribution in [0.1, 0.15) is 86.5 Å². The van der Waals surface area contributed by atoms with Crippen LogP contribution < -0.4 is 0 Å². The molecule has 34 heavy (non-hydrogen) atoms. The Morgan fingerprint density at radius 1 is 0.824 bits per heavy atom. The topological polar surface area (TPSA) is 52.6 Å². The van der Waals surface area contributed by atoms with Crippen molar-refractivity contribution in [3.05, 3.63) is 23.8 Å². The first-order valence-electron chi connectivity index (χ1n) is 13.9. The zero-order valence-electron chi connectivity index (χ0n) is 22.2. The minimum absolute atomic E-state index is 0.0110. The van der Waals surface area contributed by atoms with Gasteiger partial charge in [-0.2, -0.15) is 0 Å². The summed E-state index contributed by atoms with van der Waals surface area (Å²) in [5, 5.41) is 0. The molecule has 9 atom stereocenters. The molecule has 0 heterocycles. The van der Waals surface area contributed by atoms with Gasteiger partial charge in [0.1, 0.15) is 12.2 Å². The van der Waals surface area contributed by atoms with Gasteiger partial charge >= 0.3 is 11.9 Å². The van der Waals surface area contributed by atoms with E-state index in [1.54, 1.807) is 6.08 Å². The lowest BCUT2D eigenvalue weighted by Crippen LogP contribution is -2.38. The molecule has 4 aliphatic rings. The van der Waals surface area contributed by atoms with Crippen LogP contribution in [-0.2, 0) is 19.1 Å². The highest BCUT2D eigenvalue weighted by Gasteiger charge is 2.47. The predicted octanol–water partition coefficient (Wildman–Crippen LogP) is 6.74. The van der Waals surface area contributed by atoms with E-state index in [0.717, 1.165) is 37.7 Å². The van der Waals surface area contributed by atoms with E-state index in [1.165, 1.54) is 12.8 Å². The molecule has 0 N–H and O–H groups in total. The number of carbonyl (C=O) groups excluding carboxylic acids is 2. The first-order valence-corrected chi connectivity index (χ1v) is 13.9. The number of esters is 2. The molecule has 4 nitrogen and oxygen atoms in total. The first kappa shape index (κ1) is 25.5. The molecular formula is C30H46O4. The van der Waals surface area contributed by atoms with Gasteiger partial charge in [-0.25, -0.2) is 4.79 Å². The quantitative estimate of drug-likeness (QED) is 0.245. The largest absolute Gasteiger partial charge is 0.462 e. The number of rotatable bonds is 6. The maximum Gasteiger partial charge on any atom is 0.331 e. The molecule has 0 amide bonds. The van der Waals surface area contributed by atoms with Gasteiger partial charge in [0, 0.05) is 6.08 Å². The minimum Gasteiger partial charge on any atom is -0.462 e. The maximum atomic E-state index is 13.5. The molecule has 2 bridgehead atoms. The lowest BCUT2D eigenvalue weighted by molar-refractivity contribution is -0.160. The summed E-state index contributed by atoms with van der Waals surface area (Å²) in [6.45, 7) is 13.4. The first-order chi connectivity index (χ1) is 16.1. The van der Waals surface area contributed by atoms with Crippen LogP contribution in [0.5, 0.6) is 0 Å². The summed E-state index contributed by atoms with van der Waals surface area (Å²) in [7, 11) is 0. The average Bonchev–Trinajstić information content (AvgIpc) is 3.35. The molecule has 0 radical (unpaired) electrons. The van der Waals surface area contributed by atoms with E-state index in [2.05, 4.69) is 53.7 Å². The van der Waals surface area contributed by atoms with Gasteiger partial charge in [0.15, 0.2) is 0 Å². The van der Waals surface area contributed by atoms with Gasteiger partial charge in [-0.1, -0.05) is 66.5 Å². The van der Waals surface area contributed by atoms with Gasteiger partial charge in [-0.05, 0) is 85.0 Å². The molecule has 4 rings (SSSR count). The van der Waals surface area contributed by atoms with Gasteiger partial charge < -0.3 is 9.47 Å². The van der Waals surface area contributed by atoms with Crippen LogP contribution in [0.4, 0.5) is 0 Å². The van der Waals surface area contributed by atoms with Crippen molar-refractivity contribution in [2.75, 3.05) is 0 Å². The molecule has 0 saturated heterocycles. The maximum absolute atomic E-state index is 13.5. The summed E-state index contributed by atoms with van der Waals surface area (Å²) in [4.78, 5) is 26.6. The second kappa shape index (κ2) is 10.6. The number of carbonyl (C=O) groups is 2. The molecule has 3 saturated carbocycles. The highest BCUT2D eigenvalue weighted by Crippen LogP contribution is 2.49. The monoisotopic (exact) mass is 470 g/mol. The fraction of sp³-hybridized carbons (Fsp3) is 0.800. The molecule has 190 valence electrons. The fourth-order valence-electron chi connectivity index (χ4n) is 7.25. The van der Waals surface area contributed by atoms with Crippen molar-refractivity contribution >= 4 is 11.9 Å². The van der Waals surface area contributed by atoms with Gasteiger partial charge in [-0.15, -0.1) is 0 Å². The summed E-state index contributed by atoms with van der Waals surface area (Å²) in [5.74, 6) is 2.58. The Balaban J connectivity index is 1.47. The van der Waals surface area contributed by atoms with E-state index in [-0.39, 0.29) is 41.9 Å². The molecule has 3 fully saturated rings. The van der Waals surface area contributed by atoms with Crippen LogP contribution in [0.3, 0.4) is 0 Å². The molecule has 4 heteroatoms. The van der Waals surface area contributed by atoms with Gasteiger partial charge in [-0.3, -0.25) is 4.79 Å². The minimum atomic E-state index is -0.334. The van der Waals surface area contributed by atoms with E-state index in [0.29, 0.717) is 35.5 Å². The Morgan fingerprint density at radius 3 is 1.94 bits per heavy atom. The molecule has 0 unspecified atom stereocenters. The van der Waals surface area contributed by atoms with Crippen LogP contribution in [0.15, 0.2) is 23.8 Å². The summed E-state index contributed by atoms with van der Waals surface area (Å²) >= 11 is 0. The third-order valence-electron chi connectivity index (χ3n) is 9.33. The fourth-order valence-corrected chi connectivity index (χ4v) is 7.25. The van der Waals surface area contributed by atoms with Crippen LogP contribution >= 0.6 is 0 Å². The molecule has 0 aliphatic heterocycles. The highest BCUT2D eigenvalue weighted by molar-refractivity contribution is 5.87. The molecule has 0 aromatic carbocycles. The van der Waals surface area contributed by atoms with Crippen LogP contribution in [0.25, 0.3) is 0 Å². The normalized spacial score (nSPS) is 40.8. The van der Waals surface area contributed by atoms with Crippen LogP contribution in [-0.4, -0.2) is 24.1 Å². The highest BCUT2D eigenvalue weighted by atomic mass is 16.5. The van der Waals surface area contributed by atoms with Gasteiger partial charge in [0.05, 0.1) is 5.92 Å². The van der Waals surface area contributed by atoms with Gasteiger partial charge in [0.25, 0.3) is 0 Å². The van der Waals surface area contributed by atoms with Gasteiger partial charge in [0.2, 0.25) is 0 Å². The number of hydrogen-bond acceptors (Lipinski definition) is 4. The van der Waals surface area contributed by atoms with Crippen LogP contribution in [0.2, 0.25) is 0 Å². The van der Waals surface area contributed by atoms with Crippen molar-refractivity contribution < 1.29 is 19.1 Å². The second-order valence-electron chi connectivity index (χ2n) is 12.6. The lowest BCUT2D eigenvalue weighted by atomic mass is 9.75. The van der Waals surface area contributed by atoms with Crippen molar-refractivity contribution in [2.24, 2.45) is 53.3 Å². The number of fused-ring (bicyclic) bond motifs is 2. The Hall–Kier alpha value is -1.58.